The first-order valence-corrected chi connectivity index (χ1v) is 8.10. The Balaban J connectivity index is 1.67. The molecular formula is C14H15ClN3O2S+. The van der Waals surface area contributed by atoms with E-state index in [0.29, 0.717) is 0 Å². The standard InChI is InChI=1S/C14H14ClN3O2S/c15-9-6-18-13(20)11(14(18)21-7-9)17-12(19)10(16)8-4-2-1-3-5-8/h1-6,9-11,14H,7,16H2/p+1/t9?,10?,11?,14-/m0/s1. The van der Waals surface area contributed by atoms with E-state index in [4.69, 9.17) is 17.3 Å². The van der Waals surface area contributed by atoms with Crippen LogP contribution < -0.4 is 11.1 Å². The molecule has 7 heteroatoms. The number of nitrogens with one attached hydrogen (secondary N) is 1. The molecule has 1 aromatic carbocycles. The summed E-state index contributed by atoms with van der Waals surface area (Å²) in [6.45, 7) is 0. The van der Waals surface area contributed by atoms with Gasteiger partial charge in [-0.2, -0.15) is 4.58 Å². The van der Waals surface area contributed by atoms with Crippen molar-refractivity contribution in [2.75, 3.05) is 5.75 Å². The lowest BCUT2D eigenvalue weighted by molar-refractivity contribution is -0.508. The van der Waals surface area contributed by atoms with Gasteiger partial charge in [0.2, 0.25) is 17.3 Å². The van der Waals surface area contributed by atoms with Gasteiger partial charge in [-0.05, 0) is 5.56 Å². The van der Waals surface area contributed by atoms with Crippen LogP contribution in [0.5, 0.6) is 0 Å². The third-order valence-electron chi connectivity index (χ3n) is 3.57. The Kier molecular flexibility index (Phi) is 4.01. The number of hydrogen-bond acceptors (Lipinski definition) is 4. The number of carbonyl (C=O) groups is 2. The Morgan fingerprint density at radius 1 is 1.43 bits per heavy atom. The van der Waals surface area contributed by atoms with Crippen molar-refractivity contribution >= 4 is 41.4 Å². The smallest absolute Gasteiger partial charge is 0.332 e. The number of nitrogens with two attached hydrogens (primary N) is 1. The van der Waals surface area contributed by atoms with E-state index >= 15 is 0 Å². The molecule has 1 saturated heterocycles. The maximum atomic E-state index is 12.2. The minimum absolute atomic E-state index is 0.0700. The van der Waals surface area contributed by atoms with Crippen molar-refractivity contribution in [3.05, 3.63) is 35.9 Å². The summed E-state index contributed by atoms with van der Waals surface area (Å²) in [6, 6.07) is 7.81. The maximum absolute atomic E-state index is 12.2. The van der Waals surface area contributed by atoms with Crippen molar-refractivity contribution < 1.29 is 14.2 Å². The molecule has 2 heterocycles. The number of benzene rings is 1. The third-order valence-corrected chi connectivity index (χ3v) is 5.41. The van der Waals surface area contributed by atoms with Crippen LogP contribution in [0.25, 0.3) is 0 Å². The Hall–Kier alpha value is -1.37. The fourth-order valence-electron chi connectivity index (χ4n) is 2.42. The second kappa shape index (κ2) is 5.79. The van der Waals surface area contributed by atoms with Gasteiger partial charge in [0.1, 0.15) is 11.4 Å². The molecule has 0 aromatic heterocycles. The lowest BCUT2D eigenvalue weighted by Crippen LogP contribution is -2.67. The van der Waals surface area contributed by atoms with Crippen LogP contribution in [0.15, 0.2) is 30.3 Å². The number of amides is 2. The molecule has 21 heavy (non-hydrogen) atoms. The lowest BCUT2D eigenvalue weighted by atomic mass is 10.0. The van der Waals surface area contributed by atoms with Crippen LogP contribution in [0, 0.1) is 0 Å². The average molecular weight is 325 g/mol. The van der Waals surface area contributed by atoms with E-state index < -0.39 is 12.1 Å². The second-order valence-electron chi connectivity index (χ2n) is 5.01. The molecule has 5 nitrogen and oxygen atoms in total. The molecule has 3 N–H and O–H groups in total. The number of halogens is 1. The van der Waals surface area contributed by atoms with Gasteiger partial charge in [0, 0.05) is 5.75 Å². The highest BCUT2D eigenvalue weighted by molar-refractivity contribution is 8.00. The number of fused-ring (bicyclic) bond motifs is 1. The molecule has 0 bridgehead atoms. The quantitative estimate of drug-likeness (QED) is 0.481. The van der Waals surface area contributed by atoms with Crippen molar-refractivity contribution in [3.8, 4) is 0 Å². The van der Waals surface area contributed by atoms with Gasteiger partial charge in [-0.15, -0.1) is 11.6 Å². The van der Waals surface area contributed by atoms with Crippen LogP contribution in [-0.2, 0) is 9.59 Å². The van der Waals surface area contributed by atoms with E-state index in [1.54, 1.807) is 34.7 Å². The van der Waals surface area contributed by atoms with Gasteiger partial charge in [0.05, 0.1) is 0 Å². The number of thioether (sulfide) groups is 1. The zero-order valence-corrected chi connectivity index (χ0v) is 12.7. The van der Waals surface area contributed by atoms with Crippen LogP contribution >= 0.6 is 23.4 Å². The molecule has 1 fully saturated rings. The topological polar surface area (TPSA) is 75.2 Å². The van der Waals surface area contributed by atoms with Gasteiger partial charge in [0.15, 0.2) is 6.21 Å². The fraction of sp³-hybridized carbons (Fsp3) is 0.357. The Bertz CT molecular complexity index is 607. The minimum atomic E-state index is -0.772. The van der Waals surface area contributed by atoms with Crippen LogP contribution in [0.2, 0.25) is 0 Å². The van der Waals surface area contributed by atoms with E-state index in [2.05, 4.69) is 5.32 Å². The zero-order valence-electron chi connectivity index (χ0n) is 11.1. The Morgan fingerprint density at radius 3 is 2.86 bits per heavy atom. The summed E-state index contributed by atoms with van der Waals surface area (Å²) in [5.74, 6) is 0.256. The average Bonchev–Trinajstić information content (AvgIpc) is 2.52. The maximum Gasteiger partial charge on any atom is 0.418 e. The highest BCUT2D eigenvalue weighted by Crippen LogP contribution is 2.31. The number of carbonyl (C=O) groups excluding carboxylic acids is 2. The van der Waals surface area contributed by atoms with E-state index in [0.717, 1.165) is 11.3 Å². The van der Waals surface area contributed by atoms with E-state index in [-0.39, 0.29) is 22.6 Å². The van der Waals surface area contributed by atoms with E-state index in [9.17, 15) is 9.59 Å². The molecule has 4 atom stereocenters. The van der Waals surface area contributed by atoms with Crippen molar-refractivity contribution in [2.24, 2.45) is 5.73 Å². The van der Waals surface area contributed by atoms with Crippen LogP contribution in [0.3, 0.4) is 0 Å². The third kappa shape index (κ3) is 2.71. The predicted molar refractivity (Wildman–Crippen MR) is 82.5 cm³/mol. The number of rotatable bonds is 3. The summed E-state index contributed by atoms with van der Waals surface area (Å²) in [5.41, 5.74) is 6.65. The van der Waals surface area contributed by atoms with E-state index in [1.165, 1.54) is 0 Å². The van der Waals surface area contributed by atoms with Gasteiger partial charge >= 0.3 is 5.91 Å². The molecule has 2 aliphatic rings. The summed E-state index contributed by atoms with van der Waals surface area (Å²) in [6.07, 6.45) is 1.71. The van der Waals surface area contributed by atoms with Crippen LogP contribution in [-0.4, -0.2) is 45.2 Å². The molecule has 0 radical (unpaired) electrons. The molecule has 110 valence electrons. The molecule has 0 spiro atoms. The normalized spacial score (nSPS) is 29.0. The van der Waals surface area contributed by atoms with Crippen molar-refractivity contribution in [1.29, 1.82) is 0 Å². The highest BCUT2D eigenvalue weighted by atomic mass is 35.5. The Labute approximate surface area is 131 Å². The first-order chi connectivity index (χ1) is 10.1. The Morgan fingerprint density at radius 2 is 2.14 bits per heavy atom. The van der Waals surface area contributed by atoms with Crippen molar-refractivity contribution in [2.45, 2.75) is 22.8 Å². The SMILES string of the molecule is NC(C(=O)NC1C(=O)[N+]2=CC(Cl)CS[C@@H]12)c1ccccc1. The number of nitrogens with zero attached hydrogens (tertiary/aromatic N) is 1. The van der Waals surface area contributed by atoms with Gasteiger partial charge in [-0.1, -0.05) is 42.1 Å². The summed E-state index contributed by atoms with van der Waals surface area (Å²) in [7, 11) is 0. The summed E-state index contributed by atoms with van der Waals surface area (Å²) in [5, 5.41) is 2.53. The molecule has 3 rings (SSSR count). The fourth-order valence-corrected chi connectivity index (χ4v) is 3.94. The zero-order chi connectivity index (χ0) is 15.0. The number of β-lactam (4-membered cyclic amide) rings is 1. The van der Waals surface area contributed by atoms with Crippen molar-refractivity contribution in [1.82, 2.24) is 5.32 Å². The van der Waals surface area contributed by atoms with Gasteiger partial charge in [0.25, 0.3) is 0 Å². The van der Waals surface area contributed by atoms with Gasteiger partial charge < -0.3 is 11.1 Å². The summed E-state index contributed by atoms with van der Waals surface area (Å²) < 4.78 is 1.59. The molecule has 2 aliphatic heterocycles. The molecule has 0 saturated carbocycles. The molecule has 1 aromatic rings. The van der Waals surface area contributed by atoms with E-state index in [1.807, 2.05) is 18.2 Å². The molecule has 3 unspecified atom stereocenters. The largest absolute Gasteiger partial charge is 0.418 e. The molecule has 0 aliphatic carbocycles. The van der Waals surface area contributed by atoms with Gasteiger partial charge in [-0.3, -0.25) is 4.79 Å². The molecule has 2 amide bonds. The summed E-state index contributed by atoms with van der Waals surface area (Å²) >= 11 is 7.55. The van der Waals surface area contributed by atoms with Crippen LogP contribution in [0.1, 0.15) is 11.6 Å². The predicted octanol–water partition coefficient (Wildman–Crippen LogP) is 0.475. The first-order valence-electron chi connectivity index (χ1n) is 6.61. The summed E-state index contributed by atoms with van der Waals surface area (Å²) in [4.78, 5) is 24.2. The first kappa shape index (κ1) is 14.6. The number of hydrogen-bond donors (Lipinski definition) is 2. The monoisotopic (exact) mass is 324 g/mol. The molecular weight excluding hydrogens is 310 g/mol. The van der Waals surface area contributed by atoms with Crippen molar-refractivity contribution in [3.63, 3.8) is 0 Å². The minimum Gasteiger partial charge on any atom is -0.332 e. The highest BCUT2D eigenvalue weighted by Gasteiger charge is 2.57. The number of alkyl halides is 1. The second-order valence-corrected chi connectivity index (χ2v) is 6.72. The van der Waals surface area contributed by atoms with Crippen LogP contribution in [0.4, 0.5) is 0 Å². The lowest BCUT2D eigenvalue weighted by Gasteiger charge is -2.33. The van der Waals surface area contributed by atoms with Gasteiger partial charge in [-0.25, -0.2) is 4.79 Å².